The third-order valence-electron chi connectivity index (χ3n) is 4.58. The first-order valence-corrected chi connectivity index (χ1v) is 9.90. The van der Waals surface area contributed by atoms with Gasteiger partial charge in [0.05, 0.1) is 24.6 Å². The number of ether oxygens (including phenoxy) is 1. The Hall–Kier alpha value is -2.00. The molecule has 1 aliphatic rings. The van der Waals surface area contributed by atoms with E-state index in [1.54, 1.807) is 23.9 Å². The predicted molar refractivity (Wildman–Crippen MR) is 91.7 cm³/mol. The average molecular weight is 365 g/mol. The fourth-order valence-corrected chi connectivity index (χ4v) is 4.26. The molecule has 1 aliphatic carbocycles. The molecule has 2 aromatic rings. The van der Waals surface area contributed by atoms with E-state index in [9.17, 15) is 8.42 Å². The summed E-state index contributed by atoms with van der Waals surface area (Å²) in [7, 11) is -2.09. The van der Waals surface area contributed by atoms with Crippen LogP contribution < -0.4 is 9.46 Å². The second kappa shape index (κ2) is 7.49. The number of rotatable bonds is 6. The molecule has 0 amide bonds. The van der Waals surface area contributed by atoms with Gasteiger partial charge in [0.15, 0.2) is 5.82 Å². The number of tetrazole rings is 1. The minimum atomic E-state index is -3.65. The van der Waals surface area contributed by atoms with Crippen molar-refractivity contribution < 1.29 is 13.2 Å². The summed E-state index contributed by atoms with van der Waals surface area (Å²) in [6.07, 6.45) is 5.60. The summed E-state index contributed by atoms with van der Waals surface area (Å²) >= 11 is 0. The van der Waals surface area contributed by atoms with Crippen LogP contribution in [0.4, 0.5) is 0 Å². The lowest BCUT2D eigenvalue weighted by atomic mass is 9.96. The van der Waals surface area contributed by atoms with Crippen molar-refractivity contribution in [3.05, 3.63) is 29.6 Å². The van der Waals surface area contributed by atoms with E-state index < -0.39 is 10.0 Å². The average Bonchev–Trinajstić information content (AvgIpc) is 3.09. The van der Waals surface area contributed by atoms with Gasteiger partial charge in [-0.15, -0.1) is 5.10 Å². The van der Waals surface area contributed by atoms with E-state index in [1.165, 1.54) is 12.5 Å². The monoisotopic (exact) mass is 365 g/mol. The van der Waals surface area contributed by atoms with Gasteiger partial charge in [-0.05, 0) is 54.0 Å². The van der Waals surface area contributed by atoms with Gasteiger partial charge < -0.3 is 4.74 Å². The normalized spacial score (nSPS) is 16.1. The van der Waals surface area contributed by atoms with Crippen molar-refractivity contribution in [2.45, 2.75) is 56.5 Å². The van der Waals surface area contributed by atoms with E-state index in [0.717, 1.165) is 31.2 Å². The van der Waals surface area contributed by atoms with Gasteiger partial charge in [-0.1, -0.05) is 19.3 Å². The van der Waals surface area contributed by atoms with E-state index in [1.807, 2.05) is 6.92 Å². The molecule has 25 heavy (non-hydrogen) atoms. The van der Waals surface area contributed by atoms with E-state index in [2.05, 4.69) is 20.2 Å². The van der Waals surface area contributed by atoms with Crippen LogP contribution in [-0.4, -0.2) is 35.7 Å². The molecule has 1 N–H and O–H groups in total. The van der Waals surface area contributed by atoms with Gasteiger partial charge >= 0.3 is 0 Å². The van der Waals surface area contributed by atoms with E-state index in [0.29, 0.717) is 11.6 Å². The van der Waals surface area contributed by atoms with E-state index in [-0.39, 0.29) is 17.5 Å². The Morgan fingerprint density at radius 1 is 1.28 bits per heavy atom. The summed E-state index contributed by atoms with van der Waals surface area (Å²) in [4.78, 5) is 0.197. The molecule has 136 valence electrons. The summed E-state index contributed by atoms with van der Waals surface area (Å²) in [5.74, 6) is 1.20. The van der Waals surface area contributed by atoms with Gasteiger partial charge in [-0.3, -0.25) is 0 Å². The molecule has 1 saturated carbocycles. The number of hydrogen-bond acceptors (Lipinski definition) is 6. The van der Waals surface area contributed by atoms with Crippen LogP contribution in [0.1, 0.15) is 49.5 Å². The maximum atomic E-state index is 12.5. The molecule has 3 rings (SSSR count). The molecule has 1 aromatic carbocycles. The molecule has 0 aliphatic heterocycles. The summed E-state index contributed by atoms with van der Waals surface area (Å²) in [5.41, 5.74) is 0.761. The quantitative estimate of drug-likeness (QED) is 0.840. The lowest BCUT2D eigenvalue weighted by molar-refractivity contribution is 0.316. The van der Waals surface area contributed by atoms with Gasteiger partial charge in [0.1, 0.15) is 5.75 Å². The smallest absolute Gasteiger partial charge is 0.240 e. The first kappa shape index (κ1) is 17.8. The van der Waals surface area contributed by atoms with Crippen LogP contribution >= 0.6 is 0 Å². The number of hydrogen-bond donors (Lipinski definition) is 1. The zero-order valence-electron chi connectivity index (χ0n) is 14.5. The van der Waals surface area contributed by atoms with Gasteiger partial charge in [-0.2, -0.15) is 0 Å². The molecule has 8 nitrogen and oxygen atoms in total. The van der Waals surface area contributed by atoms with Gasteiger partial charge in [0, 0.05) is 0 Å². The molecule has 0 saturated heterocycles. The largest absolute Gasteiger partial charge is 0.496 e. The van der Waals surface area contributed by atoms with Crippen LogP contribution in [0, 0.1) is 6.92 Å². The van der Waals surface area contributed by atoms with Crippen molar-refractivity contribution in [2.75, 3.05) is 7.11 Å². The van der Waals surface area contributed by atoms with Crippen molar-refractivity contribution in [2.24, 2.45) is 0 Å². The Morgan fingerprint density at radius 2 is 2.04 bits per heavy atom. The standard InChI is InChI=1S/C16H23N5O3S/c1-12-10-14(8-9-15(12)24-2)25(22,23)17-11-16-18-19-20-21(16)13-6-4-3-5-7-13/h8-10,13,17H,3-7,11H2,1-2H3. The van der Waals surface area contributed by atoms with E-state index in [4.69, 9.17) is 4.74 Å². The van der Waals surface area contributed by atoms with Gasteiger partial charge in [0.25, 0.3) is 0 Å². The number of nitrogens with zero attached hydrogens (tertiary/aromatic N) is 4. The third kappa shape index (κ3) is 3.98. The number of aryl methyl sites for hydroxylation is 1. The highest BCUT2D eigenvalue weighted by atomic mass is 32.2. The molecule has 1 heterocycles. The maximum absolute atomic E-state index is 12.5. The Balaban J connectivity index is 1.73. The lowest BCUT2D eigenvalue weighted by Crippen LogP contribution is -2.26. The van der Waals surface area contributed by atoms with Crippen molar-refractivity contribution in [3.63, 3.8) is 0 Å². The zero-order valence-corrected chi connectivity index (χ0v) is 15.3. The second-order valence-corrected chi connectivity index (χ2v) is 8.05. The van der Waals surface area contributed by atoms with Crippen molar-refractivity contribution >= 4 is 10.0 Å². The Morgan fingerprint density at radius 3 is 2.72 bits per heavy atom. The summed E-state index contributed by atoms with van der Waals surface area (Å²) in [6.45, 7) is 1.87. The summed E-state index contributed by atoms with van der Waals surface area (Å²) in [6, 6.07) is 5.02. The zero-order chi connectivity index (χ0) is 17.9. The first-order chi connectivity index (χ1) is 12.0. The van der Waals surface area contributed by atoms with Crippen molar-refractivity contribution in [1.82, 2.24) is 24.9 Å². The van der Waals surface area contributed by atoms with Gasteiger partial charge in [0.2, 0.25) is 10.0 Å². The fraction of sp³-hybridized carbons (Fsp3) is 0.562. The molecule has 1 fully saturated rings. The number of benzene rings is 1. The highest BCUT2D eigenvalue weighted by molar-refractivity contribution is 7.89. The number of sulfonamides is 1. The van der Waals surface area contributed by atoms with Crippen LogP contribution in [0.3, 0.4) is 0 Å². The molecule has 0 unspecified atom stereocenters. The highest BCUT2D eigenvalue weighted by Gasteiger charge is 2.22. The summed E-state index contributed by atoms with van der Waals surface area (Å²) in [5, 5.41) is 11.8. The minimum Gasteiger partial charge on any atom is -0.496 e. The van der Waals surface area contributed by atoms with Gasteiger partial charge in [-0.25, -0.2) is 17.8 Å². The Labute approximate surface area is 147 Å². The predicted octanol–water partition coefficient (Wildman–Crippen LogP) is 1.97. The molecule has 0 bridgehead atoms. The van der Waals surface area contributed by atoms with Crippen molar-refractivity contribution in [1.29, 1.82) is 0 Å². The fourth-order valence-electron chi connectivity index (χ4n) is 3.20. The minimum absolute atomic E-state index is 0.0664. The van der Waals surface area contributed by atoms with E-state index >= 15 is 0 Å². The molecule has 0 spiro atoms. The third-order valence-corrected chi connectivity index (χ3v) is 5.98. The first-order valence-electron chi connectivity index (χ1n) is 8.42. The number of nitrogens with one attached hydrogen (secondary N) is 1. The van der Waals surface area contributed by atoms with Crippen LogP contribution in [0.25, 0.3) is 0 Å². The maximum Gasteiger partial charge on any atom is 0.240 e. The Kier molecular flexibility index (Phi) is 5.33. The molecule has 0 atom stereocenters. The molecular weight excluding hydrogens is 342 g/mol. The SMILES string of the molecule is COc1ccc(S(=O)(=O)NCc2nnnn2C2CCCCC2)cc1C. The lowest BCUT2D eigenvalue weighted by Gasteiger charge is -2.22. The molecule has 0 radical (unpaired) electrons. The van der Waals surface area contributed by atoms with Crippen LogP contribution in [0.15, 0.2) is 23.1 Å². The number of methoxy groups -OCH3 is 1. The second-order valence-electron chi connectivity index (χ2n) is 6.29. The molecule has 9 heteroatoms. The Bertz CT molecular complexity index is 828. The highest BCUT2D eigenvalue weighted by Crippen LogP contribution is 2.28. The molecular formula is C16H23N5O3S. The van der Waals surface area contributed by atoms with Crippen molar-refractivity contribution in [3.8, 4) is 5.75 Å². The summed E-state index contributed by atoms with van der Waals surface area (Å²) < 4.78 is 34.6. The molecule has 1 aromatic heterocycles. The topological polar surface area (TPSA) is 99.0 Å². The number of aromatic nitrogens is 4. The van der Waals surface area contributed by atoms with Crippen LogP contribution in [0.2, 0.25) is 0 Å². The van der Waals surface area contributed by atoms with Crippen LogP contribution in [0.5, 0.6) is 5.75 Å². The van der Waals surface area contributed by atoms with Crippen LogP contribution in [-0.2, 0) is 16.6 Å².